The molecule has 0 atom stereocenters. The van der Waals surface area contributed by atoms with Gasteiger partial charge in [0.15, 0.2) is 5.65 Å². The molecular formula is C30H30ClF2N9O3. The molecule has 0 radical (unpaired) electrons. The third kappa shape index (κ3) is 6.59. The average molecular weight is 638 g/mol. The van der Waals surface area contributed by atoms with Gasteiger partial charge in [0.25, 0.3) is 5.91 Å². The van der Waals surface area contributed by atoms with Crippen LogP contribution in [-0.2, 0) is 11.3 Å². The van der Waals surface area contributed by atoms with Gasteiger partial charge in [-0.3, -0.25) is 19.2 Å². The van der Waals surface area contributed by atoms with Crippen LogP contribution >= 0.6 is 11.6 Å². The number of hydrogen-bond donors (Lipinski definition) is 1. The van der Waals surface area contributed by atoms with Crippen LogP contribution < -0.4 is 10.1 Å². The molecule has 3 aromatic heterocycles. The maximum Gasteiger partial charge on any atom is 0.387 e. The first-order valence-corrected chi connectivity index (χ1v) is 14.8. The van der Waals surface area contributed by atoms with Crippen molar-refractivity contribution in [1.82, 2.24) is 34.2 Å². The van der Waals surface area contributed by atoms with Crippen molar-refractivity contribution in [1.29, 1.82) is 0 Å². The van der Waals surface area contributed by atoms with Crippen LogP contribution in [0.1, 0.15) is 36.0 Å². The van der Waals surface area contributed by atoms with Gasteiger partial charge in [-0.15, -0.1) is 0 Å². The van der Waals surface area contributed by atoms with E-state index in [-0.39, 0.29) is 57.3 Å². The number of benzene rings is 1. The van der Waals surface area contributed by atoms with E-state index in [4.69, 9.17) is 22.9 Å². The van der Waals surface area contributed by atoms with Gasteiger partial charge in [0, 0.05) is 61.1 Å². The van der Waals surface area contributed by atoms with E-state index in [1.54, 1.807) is 17.2 Å². The highest BCUT2D eigenvalue weighted by molar-refractivity contribution is 6.31. The zero-order valence-electron chi connectivity index (χ0n) is 24.4. The number of hydrogen-bond acceptors (Lipinski definition) is 7. The molecule has 1 aliphatic carbocycles. The van der Waals surface area contributed by atoms with E-state index in [2.05, 4.69) is 30.2 Å². The van der Waals surface area contributed by atoms with Gasteiger partial charge in [-0.25, -0.2) is 16.1 Å². The Morgan fingerprint density at radius 2 is 2.07 bits per heavy atom. The highest BCUT2D eigenvalue weighted by Crippen LogP contribution is 2.41. The molecule has 15 heteroatoms. The van der Waals surface area contributed by atoms with E-state index in [0.717, 1.165) is 32.2 Å². The lowest BCUT2D eigenvalue weighted by atomic mass is 10.0. The van der Waals surface area contributed by atoms with Gasteiger partial charge in [0.1, 0.15) is 23.6 Å². The van der Waals surface area contributed by atoms with Crippen molar-refractivity contribution >= 4 is 34.7 Å². The minimum atomic E-state index is -3.12. The lowest BCUT2D eigenvalue weighted by Gasteiger charge is -2.36. The van der Waals surface area contributed by atoms with Crippen molar-refractivity contribution < 1.29 is 23.1 Å². The summed E-state index contributed by atoms with van der Waals surface area (Å²) in [4.78, 5) is 38.8. The number of alkyl halides is 2. The minimum Gasteiger partial charge on any atom is -0.434 e. The molecule has 1 aromatic carbocycles. The average Bonchev–Trinajstić information content (AvgIpc) is 3.48. The molecule has 0 bridgehead atoms. The van der Waals surface area contributed by atoms with Crippen LogP contribution in [0.3, 0.4) is 0 Å². The van der Waals surface area contributed by atoms with Crippen LogP contribution in [0.4, 0.5) is 14.5 Å². The first-order chi connectivity index (χ1) is 21.6. The van der Waals surface area contributed by atoms with Gasteiger partial charge in [0.2, 0.25) is 11.4 Å². The van der Waals surface area contributed by atoms with E-state index in [0.29, 0.717) is 18.7 Å². The first-order valence-electron chi connectivity index (χ1n) is 14.4. The van der Waals surface area contributed by atoms with Crippen molar-refractivity contribution in [2.45, 2.75) is 50.4 Å². The van der Waals surface area contributed by atoms with Gasteiger partial charge in [0.05, 0.1) is 18.4 Å². The standard InChI is InChI=1S/C30H30ClF2N9O3/c1-34-30(8-9-30)18-39(2)20-6-12-40(13-7-20)25(43)17-41-16-23(37-28(44)22-15-36-42-11-3-10-35-27(22)42)26(38-41)21-14-19(31)4-5-24(21)45-29(32)33/h3-5,10-11,14-16,20,29H,6-9,12-13,17-18H2,2H3,(H,37,44). The molecule has 45 heavy (non-hydrogen) atoms. The Morgan fingerprint density at radius 3 is 2.78 bits per heavy atom. The zero-order chi connectivity index (χ0) is 31.7. The molecule has 0 spiro atoms. The van der Waals surface area contributed by atoms with Gasteiger partial charge < -0.3 is 19.8 Å². The summed E-state index contributed by atoms with van der Waals surface area (Å²) in [5.41, 5.74) is 0.611. The Morgan fingerprint density at radius 1 is 1.29 bits per heavy atom. The summed E-state index contributed by atoms with van der Waals surface area (Å²) in [6.07, 6.45) is 9.45. The molecule has 0 unspecified atom stereocenters. The molecule has 234 valence electrons. The first kappa shape index (κ1) is 30.4. The molecular weight excluding hydrogens is 608 g/mol. The maximum atomic E-state index is 13.4. The Hall–Kier alpha value is -4.61. The summed E-state index contributed by atoms with van der Waals surface area (Å²) in [5, 5.41) is 11.7. The fraction of sp³-hybridized carbons (Fsp3) is 0.400. The smallest absolute Gasteiger partial charge is 0.387 e. The second-order valence-corrected chi connectivity index (χ2v) is 11.8. The van der Waals surface area contributed by atoms with Crippen LogP contribution in [0, 0.1) is 6.57 Å². The predicted octanol–water partition coefficient (Wildman–Crippen LogP) is 4.47. The number of piperidine rings is 1. The lowest BCUT2D eigenvalue weighted by Crippen LogP contribution is -2.47. The highest BCUT2D eigenvalue weighted by atomic mass is 35.5. The van der Waals surface area contributed by atoms with Crippen LogP contribution in [0.2, 0.25) is 5.02 Å². The van der Waals surface area contributed by atoms with Crippen molar-refractivity contribution in [3.05, 3.63) is 71.1 Å². The van der Waals surface area contributed by atoms with Crippen molar-refractivity contribution in [2.24, 2.45) is 0 Å². The summed E-state index contributed by atoms with van der Waals surface area (Å²) >= 11 is 6.22. The van der Waals surface area contributed by atoms with Crippen molar-refractivity contribution in [3.63, 3.8) is 0 Å². The SMILES string of the molecule is [C-]#[N+]C1(CN(C)C2CCN(C(=O)Cn3cc(NC(=O)c4cnn5cccnc45)c(-c4cc(Cl)ccc4OC(F)F)n3)CC2)CC1. The number of fused-ring (bicyclic) bond motifs is 1. The molecule has 1 aliphatic heterocycles. The number of carbonyl (C=O) groups excluding carboxylic acids is 2. The molecule has 1 N–H and O–H groups in total. The lowest BCUT2D eigenvalue weighted by molar-refractivity contribution is -0.133. The Balaban J connectivity index is 1.22. The number of ether oxygens (including phenoxy) is 1. The second-order valence-electron chi connectivity index (χ2n) is 11.4. The number of nitrogens with one attached hydrogen (secondary N) is 1. The molecule has 6 rings (SSSR count). The molecule has 4 heterocycles. The summed E-state index contributed by atoms with van der Waals surface area (Å²) in [5.74, 6) is -0.937. The van der Waals surface area contributed by atoms with E-state index in [9.17, 15) is 18.4 Å². The highest BCUT2D eigenvalue weighted by Gasteiger charge is 2.52. The molecule has 2 fully saturated rings. The Bertz CT molecular complexity index is 1770. The number of likely N-dealkylation sites (N-methyl/N-ethyl adjacent to an activating group) is 1. The largest absolute Gasteiger partial charge is 0.434 e. The van der Waals surface area contributed by atoms with Gasteiger partial charge >= 0.3 is 6.61 Å². The van der Waals surface area contributed by atoms with Crippen molar-refractivity contribution in [2.75, 3.05) is 32.0 Å². The number of rotatable bonds is 10. The molecule has 1 saturated carbocycles. The second kappa shape index (κ2) is 12.4. The summed E-state index contributed by atoms with van der Waals surface area (Å²) in [6.45, 7) is 6.05. The number of amides is 2. The quantitative estimate of drug-likeness (QED) is 0.255. The Kier molecular flexibility index (Phi) is 8.39. The predicted molar refractivity (Wildman–Crippen MR) is 161 cm³/mol. The van der Waals surface area contributed by atoms with Crippen molar-refractivity contribution in [3.8, 4) is 17.0 Å². The van der Waals surface area contributed by atoms with E-state index < -0.39 is 12.5 Å². The van der Waals surface area contributed by atoms with Crippen LogP contribution in [0.5, 0.6) is 5.75 Å². The van der Waals surface area contributed by atoms with Crippen LogP contribution in [-0.4, -0.2) is 90.9 Å². The van der Waals surface area contributed by atoms with E-state index in [1.807, 2.05) is 7.05 Å². The van der Waals surface area contributed by atoms with Gasteiger partial charge in [-0.1, -0.05) is 11.6 Å². The number of carbonyl (C=O) groups is 2. The number of aromatic nitrogens is 5. The molecule has 1 saturated heterocycles. The fourth-order valence-electron chi connectivity index (χ4n) is 5.69. The summed E-state index contributed by atoms with van der Waals surface area (Å²) in [7, 11) is 2.04. The molecule has 12 nitrogen and oxygen atoms in total. The summed E-state index contributed by atoms with van der Waals surface area (Å²) < 4.78 is 34.1. The minimum absolute atomic E-state index is 0.0906. The van der Waals surface area contributed by atoms with E-state index >= 15 is 0 Å². The maximum absolute atomic E-state index is 13.4. The molecule has 4 aromatic rings. The monoisotopic (exact) mass is 637 g/mol. The summed E-state index contributed by atoms with van der Waals surface area (Å²) in [6, 6.07) is 6.06. The zero-order valence-corrected chi connectivity index (χ0v) is 25.1. The number of anilines is 1. The number of likely N-dealkylation sites (tertiary alicyclic amines) is 1. The third-order valence-electron chi connectivity index (χ3n) is 8.29. The Labute approximate surface area is 262 Å². The van der Waals surface area contributed by atoms with Crippen LogP contribution in [0.15, 0.2) is 49.1 Å². The number of nitrogens with zero attached hydrogens (tertiary/aromatic N) is 8. The van der Waals surface area contributed by atoms with Crippen LogP contribution in [0.25, 0.3) is 21.7 Å². The number of halogens is 3. The molecule has 2 aliphatic rings. The third-order valence-corrected chi connectivity index (χ3v) is 8.53. The fourth-order valence-corrected chi connectivity index (χ4v) is 5.87. The van der Waals surface area contributed by atoms with Gasteiger partial charge in [-0.2, -0.15) is 19.0 Å². The van der Waals surface area contributed by atoms with E-state index in [1.165, 1.54) is 46.0 Å². The normalized spacial score (nSPS) is 16.2. The topological polar surface area (TPSA) is 114 Å². The molecule has 2 amide bonds. The van der Waals surface area contributed by atoms with Gasteiger partial charge in [-0.05, 0) is 44.2 Å².